The van der Waals surface area contributed by atoms with E-state index in [1.807, 2.05) is 24.3 Å². The maximum absolute atomic E-state index is 14.9. The second-order valence-electron chi connectivity index (χ2n) is 14.4. The SMILES string of the molecule is C#Cc1cccc2cc(O)cc(N3CCc4c(nc(OCC56CC(F)CN5C5CCCC5C6)nc4N4CC5CCC(C4)N5)C3)c12. The zero-order valence-corrected chi connectivity index (χ0v) is 25.7. The maximum atomic E-state index is 14.9. The van der Waals surface area contributed by atoms with Crippen LogP contribution in [0.2, 0.25) is 0 Å². The molecule has 0 amide bonds. The van der Waals surface area contributed by atoms with Crippen LogP contribution in [-0.4, -0.2) is 82.6 Å². The number of aromatic hydroxyl groups is 1. The quantitative estimate of drug-likeness (QED) is 0.409. The second-order valence-corrected chi connectivity index (χ2v) is 14.4. The Labute approximate surface area is 264 Å². The van der Waals surface area contributed by atoms with Gasteiger partial charge < -0.3 is 25.0 Å². The van der Waals surface area contributed by atoms with Crippen LogP contribution in [0.1, 0.15) is 61.8 Å². The van der Waals surface area contributed by atoms with Crippen LogP contribution in [0.5, 0.6) is 11.8 Å². The molecule has 234 valence electrons. The van der Waals surface area contributed by atoms with Gasteiger partial charge in [-0.05, 0) is 62.0 Å². The van der Waals surface area contributed by atoms with Gasteiger partial charge in [-0.25, -0.2) is 4.39 Å². The van der Waals surface area contributed by atoms with Crippen molar-refractivity contribution >= 4 is 22.3 Å². The lowest BCUT2D eigenvalue weighted by molar-refractivity contribution is 0.0829. The number of hydrogen-bond donors (Lipinski definition) is 2. The summed E-state index contributed by atoms with van der Waals surface area (Å²) in [4.78, 5) is 17.4. The molecule has 0 radical (unpaired) electrons. The van der Waals surface area contributed by atoms with Gasteiger partial charge in [-0.15, -0.1) is 6.42 Å². The van der Waals surface area contributed by atoms with Crippen molar-refractivity contribution in [3.63, 3.8) is 0 Å². The first kappa shape index (κ1) is 27.7. The summed E-state index contributed by atoms with van der Waals surface area (Å²) in [7, 11) is 0. The summed E-state index contributed by atoms with van der Waals surface area (Å²) in [5, 5.41) is 16.3. The number of alkyl halides is 1. The number of nitrogens with zero attached hydrogens (tertiary/aromatic N) is 5. The summed E-state index contributed by atoms with van der Waals surface area (Å²) in [5.74, 6) is 4.70. The molecule has 3 aromatic rings. The summed E-state index contributed by atoms with van der Waals surface area (Å²) in [6.07, 6.45) is 13.5. The monoisotopic (exact) mass is 608 g/mol. The van der Waals surface area contributed by atoms with Crippen molar-refractivity contribution < 1.29 is 14.2 Å². The van der Waals surface area contributed by atoms with Gasteiger partial charge in [-0.1, -0.05) is 24.5 Å². The third-order valence-electron chi connectivity index (χ3n) is 11.7. The molecule has 2 aromatic carbocycles. The van der Waals surface area contributed by atoms with E-state index in [2.05, 4.69) is 25.9 Å². The molecular weight excluding hydrogens is 567 g/mol. The zero-order valence-electron chi connectivity index (χ0n) is 25.7. The molecular formula is C36H41FN6O2. The molecule has 2 bridgehead atoms. The minimum atomic E-state index is -0.801. The van der Waals surface area contributed by atoms with E-state index >= 15 is 0 Å². The number of piperazine rings is 1. The smallest absolute Gasteiger partial charge is 0.318 e. The lowest BCUT2D eigenvalue weighted by Crippen LogP contribution is -2.52. The number of benzene rings is 2. The molecule has 6 aliphatic rings. The highest BCUT2D eigenvalue weighted by atomic mass is 19.1. The normalized spacial score (nSPS) is 32.0. The highest BCUT2D eigenvalue weighted by Gasteiger charge is 2.58. The molecule has 1 saturated carbocycles. The Kier molecular flexibility index (Phi) is 6.44. The van der Waals surface area contributed by atoms with Crippen molar-refractivity contribution in [2.24, 2.45) is 5.92 Å². The van der Waals surface area contributed by atoms with E-state index in [4.69, 9.17) is 21.1 Å². The number of halogens is 1. The van der Waals surface area contributed by atoms with Gasteiger partial charge in [0.15, 0.2) is 0 Å². The standard InChI is InChI=1S/C36H41FN6O2/c1-2-22-5-3-6-23-13-28(44)14-32(33(22)23)41-12-11-29-30(20-41)39-35(40-34(29)42-18-26-9-10-27(19-42)38-26)45-21-36-15-24-7-4-8-31(24)43(36)17-25(37)16-36/h1,3,5-6,13-14,24-27,31,38,44H,4,7-12,15-21H2. The van der Waals surface area contributed by atoms with E-state index < -0.39 is 6.17 Å². The zero-order chi connectivity index (χ0) is 30.3. The average Bonchev–Trinajstić information content (AvgIpc) is 3.78. The van der Waals surface area contributed by atoms with Crippen LogP contribution in [-0.2, 0) is 13.0 Å². The summed E-state index contributed by atoms with van der Waals surface area (Å²) < 4.78 is 21.5. The minimum absolute atomic E-state index is 0.217. The fourth-order valence-electron chi connectivity index (χ4n) is 9.89. The van der Waals surface area contributed by atoms with Crippen molar-refractivity contribution in [2.75, 3.05) is 42.6 Å². The largest absolute Gasteiger partial charge is 0.508 e. The number of terminal acetylenes is 1. The fraction of sp³-hybridized carbons (Fsp3) is 0.556. The molecule has 9 heteroatoms. The molecule has 1 aliphatic carbocycles. The van der Waals surface area contributed by atoms with Crippen LogP contribution in [0.25, 0.3) is 10.8 Å². The van der Waals surface area contributed by atoms with Gasteiger partial charge in [0.1, 0.15) is 24.3 Å². The van der Waals surface area contributed by atoms with E-state index in [0.717, 1.165) is 66.0 Å². The topological polar surface area (TPSA) is 77.0 Å². The van der Waals surface area contributed by atoms with Crippen molar-refractivity contribution in [2.45, 2.75) is 87.7 Å². The molecule has 6 atom stereocenters. The van der Waals surface area contributed by atoms with E-state index in [-0.39, 0.29) is 11.3 Å². The molecule has 1 aromatic heterocycles. The summed E-state index contributed by atoms with van der Waals surface area (Å²) >= 11 is 0. The molecule has 2 N–H and O–H groups in total. The first-order valence-corrected chi connectivity index (χ1v) is 16.9. The first-order chi connectivity index (χ1) is 22.0. The molecule has 8 nitrogen and oxygen atoms in total. The van der Waals surface area contributed by atoms with Crippen LogP contribution in [0, 0.1) is 18.3 Å². The Morgan fingerprint density at radius 1 is 1.07 bits per heavy atom. The summed E-state index contributed by atoms with van der Waals surface area (Å²) in [6, 6.07) is 11.3. The van der Waals surface area contributed by atoms with Crippen LogP contribution in [0.3, 0.4) is 0 Å². The van der Waals surface area contributed by atoms with Gasteiger partial charge in [0.05, 0.1) is 17.8 Å². The van der Waals surface area contributed by atoms with E-state index in [9.17, 15) is 9.50 Å². The lowest BCUT2D eigenvalue weighted by atomic mass is 9.89. The molecule has 5 aliphatic heterocycles. The number of anilines is 2. The van der Waals surface area contributed by atoms with Crippen molar-refractivity contribution in [1.29, 1.82) is 0 Å². The van der Waals surface area contributed by atoms with Crippen LogP contribution < -0.4 is 19.9 Å². The number of ether oxygens (including phenoxy) is 1. The Hall–Kier alpha value is -3.61. The Morgan fingerprint density at radius 3 is 2.78 bits per heavy atom. The Bertz CT molecular complexity index is 1700. The number of rotatable bonds is 5. The predicted octanol–water partition coefficient (Wildman–Crippen LogP) is 4.55. The van der Waals surface area contributed by atoms with Crippen molar-refractivity contribution in [3.8, 4) is 24.1 Å². The molecule has 0 spiro atoms. The third-order valence-corrected chi connectivity index (χ3v) is 11.7. The highest BCUT2D eigenvalue weighted by molar-refractivity contribution is 6.00. The maximum Gasteiger partial charge on any atom is 0.318 e. The van der Waals surface area contributed by atoms with Gasteiger partial charge in [0.2, 0.25) is 0 Å². The second kappa shape index (κ2) is 10.5. The molecule has 4 saturated heterocycles. The van der Waals surface area contributed by atoms with Crippen LogP contribution >= 0.6 is 0 Å². The number of aromatic nitrogens is 2. The summed E-state index contributed by atoms with van der Waals surface area (Å²) in [5.41, 5.74) is 3.60. The summed E-state index contributed by atoms with van der Waals surface area (Å²) in [6.45, 7) is 4.13. The fourth-order valence-corrected chi connectivity index (χ4v) is 9.89. The number of phenolic OH excluding ortho intramolecular Hbond substituents is 1. The van der Waals surface area contributed by atoms with Gasteiger partial charge in [0.25, 0.3) is 0 Å². The van der Waals surface area contributed by atoms with Crippen LogP contribution in [0.15, 0.2) is 30.3 Å². The molecule has 6 heterocycles. The number of hydrogen-bond acceptors (Lipinski definition) is 8. The lowest BCUT2D eigenvalue weighted by Gasteiger charge is -2.38. The minimum Gasteiger partial charge on any atom is -0.508 e. The predicted molar refractivity (Wildman–Crippen MR) is 173 cm³/mol. The van der Waals surface area contributed by atoms with E-state index in [1.165, 1.54) is 37.7 Å². The molecule has 5 fully saturated rings. The average molecular weight is 609 g/mol. The number of phenols is 1. The van der Waals surface area contributed by atoms with E-state index in [0.29, 0.717) is 56.2 Å². The van der Waals surface area contributed by atoms with E-state index in [1.54, 1.807) is 6.07 Å². The molecule has 45 heavy (non-hydrogen) atoms. The first-order valence-electron chi connectivity index (χ1n) is 16.9. The van der Waals surface area contributed by atoms with Crippen molar-refractivity contribution in [1.82, 2.24) is 20.2 Å². The van der Waals surface area contributed by atoms with Crippen LogP contribution in [0.4, 0.5) is 15.9 Å². The van der Waals surface area contributed by atoms with Gasteiger partial charge >= 0.3 is 6.01 Å². The Balaban J connectivity index is 1.07. The molecule has 6 unspecified atom stereocenters. The van der Waals surface area contributed by atoms with Gasteiger partial charge in [-0.3, -0.25) is 4.90 Å². The highest BCUT2D eigenvalue weighted by Crippen LogP contribution is 2.52. The van der Waals surface area contributed by atoms with Gasteiger partial charge in [-0.2, -0.15) is 9.97 Å². The third kappa shape index (κ3) is 4.55. The van der Waals surface area contributed by atoms with Gasteiger partial charge in [0, 0.05) is 79.0 Å². The number of fused-ring (bicyclic) bond motifs is 7. The Morgan fingerprint density at radius 2 is 1.93 bits per heavy atom. The van der Waals surface area contributed by atoms with Crippen molar-refractivity contribution in [3.05, 3.63) is 47.2 Å². The number of nitrogens with one attached hydrogen (secondary N) is 1. The molecule has 9 rings (SSSR count).